The molecule has 0 unspecified atom stereocenters. The molecule has 2 aromatic rings. The highest BCUT2D eigenvalue weighted by Crippen LogP contribution is 2.15. The average Bonchev–Trinajstić information content (AvgIpc) is 2.62. The molecule has 70 valence electrons. The minimum atomic E-state index is -0.961. The van der Waals surface area contributed by atoms with Gasteiger partial charge in [0.1, 0.15) is 0 Å². The third-order valence-corrected chi connectivity index (χ3v) is 1.89. The first-order chi connectivity index (χ1) is 6.77. The zero-order chi connectivity index (χ0) is 9.97. The van der Waals surface area contributed by atoms with Gasteiger partial charge in [0.05, 0.1) is 17.4 Å². The number of aromatic nitrogens is 2. The number of hydrogen-bond acceptors (Lipinski definition) is 2. The SMILES string of the molecule is O=C(O)C=Cc1cccc2[nH]cnc12. The number of carboxylic acids is 1. The van der Waals surface area contributed by atoms with Gasteiger partial charge >= 0.3 is 5.97 Å². The van der Waals surface area contributed by atoms with Gasteiger partial charge in [-0.3, -0.25) is 0 Å². The number of nitrogens with zero attached hydrogens (tertiary/aromatic N) is 1. The first-order valence-corrected chi connectivity index (χ1v) is 4.10. The number of carboxylic acid groups (broad SMARTS) is 1. The first-order valence-electron chi connectivity index (χ1n) is 4.10. The lowest BCUT2D eigenvalue weighted by Crippen LogP contribution is -1.86. The van der Waals surface area contributed by atoms with Crippen molar-refractivity contribution in [1.82, 2.24) is 9.97 Å². The number of para-hydroxylation sites is 1. The fourth-order valence-corrected chi connectivity index (χ4v) is 1.28. The number of nitrogens with one attached hydrogen (secondary N) is 1. The van der Waals surface area contributed by atoms with Gasteiger partial charge in [-0.1, -0.05) is 12.1 Å². The highest BCUT2D eigenvalue weighted by molar-refractivity contribution is 5.90. The lowest BCUT2D eigenvalue weighted by Gasteiger charge is -1.93. The van der Waals surface area contributed by atoms with Gasteiger partial charge in [-0.2, -0.15) is 0 Å². The quantitative estimate of drug-likeness (QED) is 0.704. The minimum Gasteiger partial charge on any atom is -0.478 e. The zero-order valence-electron chi connectivity index (χ0n) is 7.27. The van der Waals surface area contributed by atoms with Crippen molar-refractivity contribution < 1.29 is 9.90 Å². The van der Waals surface area contributed by atoms with Gasteiger partial charge in [-0.05, 0) is 12.1 Å². The zero-order valence-corrected chi connectivity index (χ0v) is 7.27. The second-order valence-corrected chi connectivity index (χ2v) is 2.82. The fourth-order valence-electron chi connectivity index (χ4n) is 1.28. The number of fused-ring (bicyclic) bond motifs is 1. The molecule has 0 aliphatic carbocycles. The molecule has 4 heteroatoms. The summed E-state index contributed by atoms with van der Waals surface area (Å²) in [6.07, 6.45) is 4.22. The molecule has 1 aromatic carbocycles. The second kappa shape index (κ2) is 3.33. The van der Waals surface area contributed by atoms with E-state index in [4.69, 9.17) is 5.11 Å². The number of imidazole rings is 1. The van der Waals surface area contributed by atoms with Crippen LogP contribution in [0, 0.1) is 0 Å². The summed E-state index contributed by atoms with van der Waals surface area (Å²) in [6.45, 7) is 0. The lowest BCUT2D eigenvalue weighted by molar-refractivity contribution is -0.131. The van der Waals surface area contributed by atoms with Crippen molar-refractivity contribution in [2.24, 2.45) is 0 Å². The molecular formula is C10H8N2O2. The minimum absolute atomic E-state index is 0.782. The lowest BCUT2D eigenvalue weighted by atomic mass is 10.2. The van der Waals surface area contributed by atoms with Crippen molar-refractivity contribution in [2.45, 2.75) is 0 Å². The van der Waals surface area contributed by atoms with Crippen LogP contribution in [0.25, 0.3) is 17.1 Å². The van der Waals surface area contributed by atoms with Gasteiger partial charge < -0.3 is 10.1 Å². The van der Waals surface area contributed by atoms with E-state index >= 15 is 0 Å². The van der Waals surface area contributed by atoms with Crippen molar-refractivity contribution in [3.05, 3.63) is 36.2 Å². The molecule has 14 heavy (non-hydrogen) atoms. The van der Waals surface area contributed by atoms with Crippen LogP contribution >= 0.6 is 0 Å². The Bertz CT molecular complexity index is 500. The Labute approximate surface area is 79.9 Å². The van der Waals surface area contributed by atoms with E-state index in [1.165, 1.54) is 6.08 Å². The van der Waals surface area contributed by atoms with Crippen molar-refractivity contribution in [3.63, 3.8) is 0 Å². The summed E-state index contributed by atoms with van der Waals surface area (Å²) in [5, 5.41) is 8.48. The number of aromatic amines is 1. The topological polar surface area (TPSA) is 66.0 Å². The summed E-state index contributed by atoms with van der Waals surface area (Å²) in [4.78, 5) is 17.4. The number of rotatable bonds is 2. The molecule has 4 nitrogen and oxygen atoms in total. The van der Waals surface area contributed by atoms with Gasteiger partial charge in [-0.15, -0.1) is 0 Å². The van der Waals surface area contributed by atoms with Crippen LogP contribution < -0.4 is 0 Å². The average molecular weight is 188 g/mol. The molecule has 2 rings (SSSR count). The molecular weight excluding hydrogens is 180 g/mol. The molecule has 0 radical (unpaired) electrons. The molecule has 2 N–H and O–H groups in total. The van der Waals surface area contributed by atoms with Crippen LogP contribution in [0.5, 0.6) is 0 Å². The molecule has 1 heterocycles. The number of aliphatic carboxylic acids is 1. The van der Waals surface area contributed by atoms with Crippen molar-refractivity contribution in [1.29, 1.82) is 0 Å². The number of H-pyrrole nitrogens is 1. The van der Waals surface area contributed by atoms with E-state index in [0.717, 1.165) is 22.7 Å². The van der Waals surface area contributed by atoms with Crippen LogP contribution in [0.4, 0.5) is 0 Å². The molecule has 0 fully saturated rings. The summed E-state index contributed by atoms with van der Waals surface area (Å²) in [5.74, 6) is -0.961. The van der Waals surface area contributed by atoms with Crippen LogP contribution in [0.15, 0.2) is 30.6 Å². The van der Waals surface area contributed by atoms with E-state index in [1.807, 2.05) is 18.2 Å². The smallest absolute Gasteiger partial charge is 0.328 e. The molecule has 0 atom stereocenters. The van der Waals surface area contributed by atoms with Gasteiger partial charge in [0.15, 0.2) is 0 Å². The Morgan fingerprint density at radius 2 is 2.36 bits per heavy atom. The molecule has 0 spiro atoms. The summed E-state index contributed by atoms with van der Waals surface area (Å²) in [5.41, 5.74) is 2.48. The van der Waals surface area contributed by atoms with Crippen LogP contribution in [0.1, 0.15) is 5.56 Å². The van der Waals surface area contributed by atoms with Crippen molar-refractivity contribution >= 4 is 23.1 Å². The molecule has 1 aromatic heterocycles. The van der Waals surface area contributed by atoms with E-state index < -0.39 is 5.97 Å². The third-order valence-electron chi connectivity index (χ3n) is 1.89. The molecule has 0 aliphatic heterocycles. The molecule has 0 saturated heterocycles. The predicted octanol–water partition coefficient (Wildman–Crippen LogP) is 1.66. The van der Waals surface area contributed by atoms with Crippen LogP contribution in [-0.2, 0) is 4.79 Å². The van der Waals surface area contributed by atoms with Crippen LogP contribution in [0.3, 0.4) is 0 Å². The van der Waals surface area contributed by atoms with Gasteiger partial charge in [-0.25, -0.2) is 9.78 Å². The maximum absolute atomic E-state index is 10.3. The largest absolute Gasteiger partial charge is 0.478 e. The number of carbonyl (C=O) groups is 1. The predicted molar refractivity (Wildman–Crippen MR) is 52.8 cm³/mol. The summed E-state index contributed by atoms with van der Waals surface area (Å²) in [7, 11) is 0. The van der Waals surface area contributed by atoms with E-state index in [0.29, 0.717) is 0 Å². The van der Waals surface area contributed by atoms with Gasteiger partial charge in [0.25, 0.3) is 0 Å². The third kappa shape index (κ3) is 1.50. The maximum Gasteiger partial charge on any atom is 0.328 e. The Balaban J connectivity index is 2.51. The standard InChI is InChI=1S/C10H8N2O2/c13-9(14)5-4-7-2-1-3-8-10(7)12-6-11-8/h1-6H,(H,11,12)(H,13,14). The molecule has 0 aliphatic rings. The van der Waals surface area contributed by atoms with E-state index in [-0.39, 0.29) is 0 Å². The van der Waals surface area contributed by atoms with E-state index in [1.54, 1.807) is 6.33 Å². The highest BCUT2D eigenvalue weighted by atomic mass is 16.4. The van der Waals surface area contributed by atoms with Crippen molar-refractivity contribution in [3.8, 4) is 0 Å². The normalized spacial score (nSPS) is 11.1. The van der Waals surface area contributed by atoms with Crippen LogP contribution in [-0.4, -0.2) is 21.0 Å². The summed E-state index contributed by atoms with van der Waals surface area (Å²) in [6, 6.07) is 5.56. The molecule has 0 amide bonds. The Morgan fingerprint density at radius 3 is 3.14 bits per heavy atom. The van der Waals surface area contributed by atoms with E-state index in [9.17, 15) is 4.79 Å². The second-order valence-electron chi connectivity index (χ2n) is 2.82. The number of benzene rings is 1. The Morgan fingerprint density at radius 1 is 1.50 bits per heavy atom. The maximum atomic E-state index is 10.3. The molecule has 0 bridgehead atoms. The Hall–Kier alpha value is -2.10. The fraction of sp³-hybridized carbons (Fsp3) is 0. The molecule has 0 saturated carbocycles. The van der Waals surface area contributed by atoms with Crippen LogP contribution in [0.2, 0.25) is 0 Å². The van der Waals surface area contributed by atoms with E-state index in [2.05, 4.69) is 9.97 Å². The summed E-state index contributed by atoms with van der Waals surface area (Å²) < 4.78 is 0. The highest BCUT2D eigenvalue weighted by Gasteiger charge is 1.99. The summed E-state index contributed by atoms with van der Waals surface area (Å²) >= 11 is 0. The Kier molecular flexibility index (Phi) is 2.02. The van der Waals surface area contributed by atoms with Crippen molar-refractivity contribution in [2.75, 3.05) is 0 Å². The van der Waals surface area contributed by atoms with Gasteiger partial charge in [0, 0.05) is 11.6 Å². The van der Waals surface area contributed by atoms with Gasteiger partial charge in [0.2, 0.25) is 0 Å². The first kappa shape index (κ1) is 8.50. The number of hydrogen-bond donors (Lipinski definition) is 2. The monoisotopic (exact) mass is 188 g/mol.